The molecule has 16 heavy (non-hydrogen) atoms. The lowest BCUT2D eigenvalue weighted by Gasteiger charge is -2.08. The molecule has 0 aliphatic rings. The zero-order valence-corrected chi connectivity index (χ0v) is 8.31. The van der Waals surface area contributed by atoms with Gasteiger partial charge in [0, 0.05) is 5.56 Å². The van der Waals surface area contributed by atoms with Crippen molar-refractivity contribution in [2.75, 3.05) is 0 Å². The van der Waals surface area contributed by atoms with Crippen LogP contribution in [0.3, 0.4) is 0 Å². The van der Waals surface area contributed by atoms with Gasteiger partial charge in [-0.25, -0.2) is 8.78 Å². The average Bonchev–Trinajstić information content (AvgIpc) is 2.81. The number of furan rings is 1. The van der Waals surface area contributed by atoms with Crippen molar-refractivity contribution in [2.45, 2.75) is 12.5 Å². The Morgan fingerprint density at radius 1 is 1.00 bits per heavy atom. The fourth-order valence-corrected chi connectivity index (χ4v) is 1.43. The molecule has 1 unspecified atom stereocenters. The van der Waals surface area contributed by atoms with Gasteiger partial charge in [0.1, 0.15) is 11.9 Å². The quantitative estimate of drug-likeness (QED) is 0.867. The van der Waals surface area contributed by atoms with E-state index >= 15 is 0 Å². The van der Waals surface area contributed by atoms with Gasteiger partial charge in [-0.3, -0.25) is 0 Å². The van der Waals surface area contributed by atoms with Gasteiger partial charge in [-0.15, -0.1) is 0 Å². The van der Waals surface area contributed by atoms with Crippen LogP contribution in [0, 0.1) is 0 Å². The van der Waals surface area contributed by atoms with Crippen LogP contribution in [0.5, 0.6) is 0 Å². The third kappa shape index (κ3) is 2.12. The second-order valence-electron chi connectivity index (χ2n) is 3.39. The normalized spacial score (nSPS) is 13.0. The minimum atomic E-state index is -2.49. The first kappa shape index (κ1) is 10.8. The van der Waals surface area contributed by atoms with E-state index < -0.39 is 12.5 Å². The summed E-state index contributed by atoms with van der Waals surface area (Å²) in [6.45, 7) is 0. The highest BCUT2D eigenvalue weighted by Crippen LogP contribution is 2.25. The number of halogens is 2. The van der Waals surface area contributed by atoms with Crippen LogP contribution in [0.1, 0.15) is 29.4 Å². The number of alkyl halides is 2. The summed E-state index contributed by atoms with van der Waals surface area (Å²) in [5.74, 6) is 0.393. The minimum absolute atomic E-state index is 0.0598. The highest BCUT2D eigenvalue weighted by atomic mass is 19.3. The summed E-state index contributed by atoms with van der Waals surface area (Å²) in [5.41, 5.74) is 0.467. The smallest absolute Gasteiger partial charge is 0.263 e. The molecule has 2 nitrogen and oxygen atoms in total. The summed E-state index contributed by atoms with van der Waals surface area (Å²) in [7, 11) is 0. The molecule has 0 spiro atoms. The van der Waals surface area contributed by atoms with Gasteiger partial charge in [0.25, 0.3) is 6.43 Å². The van der Waals surface area contributed by atoms with E-state index in [1.54, 1.807) is 12.1 Å². The minimum Gasteiger partial charge on any atom is -0.466 e. The van der Waals surface area contributed by atoms with E-state index in [4.69, 9.17) is 4.42 Å². The summed E-state index contributed by atoms with van der Waals surface area (Å²) in [5, 5.41) is 9.83. The van der Waals surface area contributed by atoms with Crippen molar-refractivity contribution in [1.82, 2.24) is 0 Å². The largest absolute Gasteiger partial charge is 0.466 e. The Labute approximate surface area is 91.1 Å². The number of aliphatic hydroxyl groups is 1. The van der Waals surface area contributed by atoms with E-state index in [0.29, 0.717) is 11.3 Å². The third-order valence-corrected chi connectivity index (χ3v) is 2.32. The molecule has 1 aromatic carbocycles. The SMILES string of the molecule is OC(c1ccc(C(F)F)cc1)c1ccco1. The molecule has 0 fully saturated rings. The van der Waals surface area contributed by atoms with Crippen LogP contribution in [0.4, 0.5) is 8.78 Å². The maximum atomic E-state index is 12.3. The van der Waals surface area contributed by atoms with Crippen LogP contribution in [-0.4, -0.2) is 5.11 Å². The zero-order chi connectivity index (χ0) is 11.5. The zero-order valence-electron chi connectivity index (χ0n) is 8.31. The summed E-state index contributed by atoms with van der Waals surface area (Å²) in [6, 6.07) is 8.82. The van der Waals surface area contributed by atoms with E-state index in [2.05, 4.69) is 0 Å². The van der Waals surface area contributed by atoms with Crippen molar-refractivity contribution in [2.24, 2.45) is 0 Å². The molecule has 1 N–H and O–H groups in total. The topological polar surface area (TPSA) is 33.4 Å². The number of aliphatic hydroxyl groups excluding tert-OH is 1. The molecule has 4 heteroatoms. The van der Waals surface area contributed by atoms with Crippen molar-refractivity contribution < 1.29 is 18.3 Å². The molecule has 0 aliphatic heterocycles. The summed E-state index contributed by atoms with van der Waals surface area (Å²) >= 11 is 0. The van der Waals surface area contributed by atoms with Crippen LogP contribution in [0.2, 0.25) is 0 Å². The number of hydrogen-bond acceptors (Lipinski definition) is 2. The van der Waals surface area contributed by atoms with Crippen LogP contribution < -0.4 is 0 Å². The fourth-order valence-electron chi connectivity index (χ4n) is 1.43. The van der Waals surface area contributed by atoms with E-state index in [-0.39, 0.29) is 5.56 Å². The summed E-state index contributed by atoms with van der Waals surface area (Å²) < 4.78 is 29.6. The predicted octanol–water partition coefficient (Wildman–Crippen LogP) is 3.30. The Balaban J connectivity index is 2.22. The highest BCUT2D eigenvalue weighted by Gasteiger charge is 2.14. The van der Waals surface area contributed by atoms with Crippen LogP contribution in [0.15, 0.2) is 47.1 Å². The second kappa shape index (κ2) is 4.45. The van der Waals surface area contributed by atoms with Crippen LogP contribution in [0.25, 0.3) is 0 Å². The molecule has 2 rings (SSSR count). The van der Waals surface area contributed by atoms with Gasteiger partial charge in [0.2, 0.25) is 0 Å². The summed E-state index contributed by atoms with van der Waals surface area (Å²) in [4.78, 5) is 0. The van der Waals surface area contributed by atoms with Crippen molar-refractivity contribution in [1.29, 1.82) is 0 Å². The van der Waals surface area contributed by atoms with Gasteiger partial charge in [0.05, 0.1) is 6.26 Å². The van der Waals surface area contributed by atoms with Crippen LogP contribution >= 0.6 is 0 Å². The maximum absolute atomic E-state index is 12.3. The first-order chi connectivity index (χ1) is 7.68. The van der Waals surface area contributed by atoms with Gasteiger partial charge in [-0.2, -0.15) is 0 Å². The van der Waals surface area contributed by atoms with Gasteiger partial charge < -0.3 is 9.52 Å². The monoisotopic (exact) mass is 224 g/mol. The molecule has 84 valence electrons. The molecule has 1 atom stereocenters. The average molecular weight is 224 g/mol. The first-order valence-electron chi connectivity index (χ1n) is 4.78. The lowest BCUT2D eigenvalue weighted by atomic mass is 10.1. The van der Waals surface area contributed by atoms with Crippen LogP contribution in [-0.2, 0) is 0 Å². The second-order valence-corrected chi connectivity index (χ2v) is 3.39. The molecule has 0 aliphatic carbocycles. The van der Waals surface area contributed by atoms with Crippen molar-refractivity contribution in [3.05, 3.63) is 59.5 Å². The molecule has 1 aromatic heterocycles. The van der Waals surface area contributed by atoms with Gasteiger partial charge in [-0.1, -0.05) is 24.3 Å². The van der Waals surface area contributed by atoms with Crippen molar-refractivity contribution in [3.63, 3.8) is 0 Å². The molecular formula is C12H10F2O2. The fraction of sp³-hybridized carbons (Fsp3) is 0.167. The standard InChI is InChI=1S/C12H10F2O2/c13-12(14)9-5-3-8(4-6-9)11(15)10-2-1-7-16-10/h1-7,11-12,15H. The summed E-state index contributed by atoms with van der Waals surface area (Å²) in [6.07, 6.45) is -1.96. The number of benzene rings is 1. The highest BCUT2D eigenvalue weighted by molar-refractivity contribution is 5.28. The Morgan fingerprint density at radius 3 is 2.12 bits per heavy atom. The molecule has 0 saturated carbocycles. The van der Waals surface area contributed by atoms with Gasteiger partial charge in [-0.05, 0) is 17.7 Å². The Morgan fingerprint density at radius 2 is 1.62 bits per heavy atom. The van der Waals surface area contributed by atoms with Crippen molar-refractivity contribution >= 4 is 0 Å². The van der Waals surface area contributed by atoms with E-state index in [1.807, 2.05) is 0 Å². The Hall–Kier alpha value is -1.68. The molecule has 0 saturated heterocycles. The molecule has 0 amide bonds. The first-order valence-corrected chi connectivity index (χ1v) is 4.78. The molecule has 0 bridgehead atoms. The van der Waals surface area contributed by atoms with Gasteiger partial charge in [0.15, 0.2) is 0 Å². The molecule has 2 aromatic rings. The van der Waals surface area contributed by atoms with E-state index in [9.17, 15) is 13.9 Å². The van der Waals surface area contributed by atoms with E-state index in [0.717, 1.165) is 0 Å². The van der Waals surface area contributed by atoms with Crippen molar-refractivity contribution in [3.8, 4) is 0 Å². The number of rotatable bonds is 3. The number of hydrogen-bond donors (Lipinski definition) is 1. The lowest BCUT2D eigenvalue weighted by Crippen LogP contribution is -1.98. The molecular weight excluding hydrogens is 214 g/mol. The lowest BCUT2D eigenvalue weighted by molar-refractivity contribution is 0.151. The third-order valence-electron chi connectivity index (χ3n) is 2.32. The Bertz CT molecular complexity index is 435. The molecule has 0 radical (unpaired) electrons. The molecule has 1 heterocycles. The Kier molecular flexibility index (Phi) is 3.01. The maximum Gasteiger partial charge on any atom is 0.263 e. The van der Waals surface area contributed by atoms with E-state index in [1.165, 1.54) is 30.5 Å². The van der Waals surface area contributed by atoms with Gasteiger partial charge >= 0.3 is 0 Å². The predicted molar refractivity (Wildman–Crippen MR) is 54.2 cm³/mol.